The minimum absolute atomic E-state index is 0.0566. The van der Waals surface area contributed by atoms with Crippen LogP contribution in [0.4, 0.5) is 13.6 Å². The number of carbonyl (C=O) groups excluding carboxylic acids is 1. The quantitative estimate of drug-likeness (QED) is 0.626. The van der Waals surface area contributed by atoms with Gasteiger partial charge in [0.25, 0.3) is 0 Å². The average Bonchev–Trinajstić information content (AvgIpc) is 2.46. The first kappa shape index (κ1) is 14.0. The Morgan fingerprint density at radius 3 is 2.60 bits per heavy atom. The van der Waals surface area contributed by atoms with Gasteiger partial charge in [-0.2, -0.15) is 0 Å². The molecule has 0 aliphatic carbocycles. The molecule has 0 heterocycles. The van der Waals surface area contributed by atoms with Gasteiger partial charge in [-0.15, -0.1) is 0 Å². The molecule has 2 rings (SSSR count). The van der Waals surface area contributed by atoms with Gasteiger partial charge < -0.3 is 9.47 Å². The van der Waals surface area contributed by atoms with Crippen LogP contribution >= 0.6 is 0 Å². The van der Waals surface area contributed by atoms with Crippen molar-refractivity contribution in [3.63, 3.8) is 0 Å². The van der Waals surface area contributed by atoms with Crippen LogP contribution in [-0.2, 0) is 11.4 Å². The van der Waals surface area contributed by atoms with Crippen LogP contribution in [0.5, 0.6) is 5.75 Å². The first-order valence-electron chi connectivity index (χ1n) is 5.85. The fraction of sp³-hybridized carbons (Fsp3) is 0.133. The smallest absolute Gasteiger partial charge is 0.437 e. The Morgan fingerprint density at radius 2 is 1.95 bits per heavy atom. The molecule has 2 aromatic carbocycles. The van der Waals surface area contributed by atoms with Crippen LogP contribution in [0.3, 0.4) is 0 Å². The summed E-state index contributed by atoms with van der Waals surface area (Å²) in [6, 6.07) is 10.4. The Morgan fingerprint density at radius 1 is 1.20 bits per heavy atom. The highest BCUT2D eigenvalue weighted by Crippen LogP contribution is 2.32. The third-order valence-corrected chi connectivity index (χ3v) is 2.76. The third-order valence-electron chi connectivity index (χ3n) is 2.76. The first-order valence-corrected chi connectivity index (χ1v) is 5.85. The lowest BCUT2D eigenvalue weighted by atomic mass is 9.99. The normalized spacial score (nSPS) is 10.2. The van der Waals surface area contributed by atoms with E-state index in [0.717, 1.165) is 7.11 Å². The molecule has 0 atom stereocenters. The lowest BCUT2D eigenvalue weighted by Gasteiger charge is -2.12. The van der Waals surface area contributed by atoms with E-state index in [1.54, 1.807) is 18.2 Å². The number of halogens is 2. The van der Waals surface area contributed by atoms with Gasteiger partial charge in [0.2, 0.25) is 0 Å². The van der Waals surface area contributed by atoms with Gasteiger partial charge in [-0.3, -0.25) is 0 Å². The van der Waals surface area contributed by atoms with Gasteiger partial charge in [0.1, 0.15) is 18.2 Å². The maximum Gasteiger partial charge on any atom is 0.513 e. The molecule has 0 unspecified atom stereocenters. The maximum absolute atomic E-state index is 13.3. The Hall–Kier alpha value is -2.43. The predicted octanol–water partition coefficient (Wildman–Crippen LogP) is 4.11. The fourth-order valence-electron chi connectivity index (χ4n) is 1.86. The SMILES string of the molecule is COC(=O)Oc1cccc(-c2cccc(F)c2)c1CF. The lowest BCUT2D eigenvalue weighted by molar-refractivity contribution is 0.121. The Balaban J connectivity index is 2.48. The highest BCUT2D eigenvalue weighted by atomic mass is 19.1. The zero-order valence-corrected chi connectivity index (χ0v) is 10.7. The Bertz CT molecular complexity index is 626. The van der Waals surface area contributed by atoms with Gasteiger partial charge in [0.05, 0.1) is 7.11 Å². The number of benzene rings is 2. The molecule has 20 heavy (non-hydrogen) atoms. The van der Waals surface area contributed by atoms with Gasteiger partial charge >= 0.3 is 6.16 Å². The maximum atomic E-state index is 13.3. The van der Waals surface area contributed by atoms with Crippen molar-refractivity contribution in [3.8, 4) is 16.9 Å². The molecular weight excluding hydrogens is 266 g/mol. The van der Waals surface area contributed by atoms with E-state index in [4.69, 9.17) is 4.74 Å². The van der Waals surface area contributed by atoms with Crippen molar-refractivity contribution in [2.24, 2.45) is 0 Å². The second-order valence-corrected chi connectivity index (χ2v) is 3.98. The number of alkyl halides is 1. The summed E-state index contributed by atoms with van der Waals surface area (Å²) in [6.07, 6.45) is -0.934. The standard InChI is InChI=1S/C15H12F2O3/c1-19-15(18)20-14-7-3-6-12(13(14)9-16)10-4-2-5-11(17)8-10/h2-8H,9H2,1H3. The molecule has 3 nitrogen and oxygen atoms in total. The summed E-state index contributed by atoms with van der Waals surface area (Å²) in [7, 11) is 1.16. The van der Waals surface area contributed by atoms with E-state index in [1.807, 2.05) is 0 Å². The average molecular weight is 278 g/mol. The van der Waals surface area contributed by atoms with Gasteiger partial charge in [-0.25, -0.2) is 13.6 Å². The number of carbonyl (C=O) groups is 1. The molecular formula is C15H12F2O3. The highest BCUT2D eigenvalue weighted by molar-refractivity contribution is 5.72. The van der Waals surface area contributed by atoms with Crippen LogP contribution < -0.4 is 4.74 Å². The number of rotatable bonds is 3. The second-order valence-electron chi connectivity index (χ2n) is 3.98. The molecule has 2 aromatic rings. The monoisotopic (exact) mass is 278 g/mol. The van der Waals surface area contributed by atoms with Crippen molar-refractivity contribution in [2.45, 2.75) is 6.67 Å². The third kappa shape index (κ3) is 2.93. The molecule has 0 saturated carbocycles. The summed E-state index contributed by atoms with van der Waals surface area (Å²) in [5.41, 5.74) is 1.14. The van der Waals surface area contributed by atoms with Crippen molar-refractivity contribution in [2.75, 3.05) is 7.11 Å². The molecule has 0 aliphatic rings. The van der Waals surface area contributed by atoms with Crippen LogP contribution in [0, 0.1) is 5.82 Å². The lowest BCUT2D eigenvalue weighted by Crippen LogP contribution is -2.09. The zero-order valence-electron chi connectivity index (χ0n) is 10.7. The summed E-state index contributed by atoms with van der Waals surface area (Å²) in [4.78, 5) is 11.1. The molecule has 0 amide bonds. The topological polar surface area (TPSA) is 35.5 Å². The van der Waals surface area contributed by atoms with Crippen molar-refractivity contribution >= 4 is 6.16 Å². The molecule has 5 heteroatoms. The molecule has 0 saturated heterocycles. The van der Waals surface area contributed by atoms with Crippen LogP contribution in [0.15, 0.2) is 42.5 Å². The fourth-order valence-corrected chi connectivity index (χ4v) is 1.86. The number of hydrogen-bond donors (Lipinski definition) is 0. The van der Waals surface area contributed by atoms with E-state index in [-0.39, 0.29) is 11.3 Å². The van der Waals surface area contributed by atoms with Crippen LogP contribution in [0.1, 0.15) is 5.56 Å². The van der Waals surface area contributed by atoms with Crippen molar-refractivity contribution in [1.29, 1.82) is 0 Å². The summed E-state index contributed by atoms with van der Waals surface area (Å²) in [6.45, 7) is -0.848. The largest absolute Gasteiger partial charge is 0.513 e. The predicted molar refractivity (Wildman–Crippen MR) is 69.7 cm³/mol. The van der Waals surface area contributed by atoms with Crippen molar-refractivity contribution < 1.29 is 23.0 Å². The van der Waals surface area contributed by atoms with Gasteiger partial charge in [-0.1, -0.05) is 24.3 Å². The van der Waals surface area contributed by atoms with Gasteiger partial charge in [0.15, 0.2) is 0 Å². The van der Waals surface area contributed by atoms with E-state index in [2.05, 4.69) is 4.74 Å². The summed E-state index contributed by atoms with van der Waals surface area (Å²) >= 11 is 0. The minimum atomic E-state index is -0.934. The van der Waals surface area contributed by atoms with Gasteiger partial charge in [0, 0.05) is 5.56 Å². The number of hydrogen-bond acceptors (Lipinski definition) is 3. The van der Waals surface area contributed by atoms with Gasteiger partial charge in [-0.05, 0) is 29.3 Å². The zero-order chi connectivity index (χ0) is 14.5. The molecule has 0 bridgehead atoms. The molecule has 0 fully saturated rings. The van der Waals surface area contributed by atoms with E-state index >= 15 is 0 Å². The molecule has 104 valence electrons. The van der Waals surface area contributed by atoms with E-state index < -0.39 is 18.6 Å². The Kier molecular flexibility index (Phi) is 4.30. The van der Waals surface area contributed by atoms with E-state index in [0.29, 0.717) is 11.1 Å². The van der Waals surface area contributed by atoms with E-state index in [9.17, 15) is 13.6 Å². The summed E-state index contributed by atoms with van der Waals surface area (Å²) in [5.74, 6) is -0.368. The summed E-state index contributed by atoms with van der Waals surface area (Å²) < 4.78 is 35.8. The number of methoxy groups -OCH3 is 1. The molecule has 0 spiro atoms. The first-order chi connectivity index (χ1) is 9.65. The second kappa shape index (κ2) is 6.14. The minimum Gasteiger partial charge on any atom is -0.437 e. The van der Waals surface area contributed by atoms with Crippen molar-refractivity contribution in [3.05, 3.63) is 53.8 Å². The number of ether oxygens (including phenoxy) is 2. The Labute approximate surface area is 114 Å². The highest BCUT2D eigenvalue weighted by Gasteiger charge is 2.14. The van der Waals surface area contributed by atoms with Crippen LogP contribution in [-0.4, -0.2) is 13.3 Å². The molecule has 0 aliphatic heterocycles. The van der Waals surface area contributed by atoms with Crippen LogP contribution in [0.25, 0.3) is 11.1 Å². The molecule has 0 radical (unpaired) electrons. The molecule has 0 N–H and O–H groups in total. The summed E-state index contributed by atoms with van der Waals surface area (Å²) in [5, 5.41) is 0. The van der Waals surface area contributed by atoms with Crippen LogP contribution in [0.2, 0.25) is 0 Å². The van der Waals surface area contributed by atoms with E-state index in [1.165, 1.54) is 24.3 Å². The van der Waals surface area contributed by atoms with Crippen molar-refractivity contribution in [1.82, 2.24) is 0 Å². The molecule has 0 aromatic heterocycles.